The predicted molar refractivity (Wildman–Crippen MR) is 140 cm³/mol. The van der Waals surface area contributed by atoms with Gasteiger partial charge in [0.05, 0.1) is 23.6 Å². The SMILES string of the molecule is c1cc(-c2cnc(C3CCCC3)[nH]2)ccc1-c1ccc2c(c1)CCCc1[nH]c([C@@H]3CCCN3)nc1-2. The Morgan fingerprint density at radius 3 is 2.40 bits per heavy atom. The standard InChI is InChI=1S/C30H33N5/c1-2-6-21(5-1)29-32-18-27(34-29)20-12-10-19(11-13-20)22-14-15-24-23(17-22)7-3-8-25-28(24)35-30(33-25)26-9-4-16-31-26/h10-15,17-18,21,26,31H,1-9,16H2,(H,32,34)(H,33,35)/t26-/m0/s1. The second-order valence-electron chi connectivity index (χ2n) is 10.6. The first-order valence-electron chi connectivity index (χ1n) is 13.4. The van der Waals surface area contributed by atoms with Gasteiger partial charge >= 0.3 is 0 Å². The topological polar surface area (TPSA) is 69.4 Å². The van der Waals surface area contributed by atoms with Crippen LogP contribution < -0.4 is 5.32 Å². The van der Waals surface area contributed by atoms with E-state index in [1.165, 1.54) is 77.7 Å². The number of rotatable bonds is 4. The molecule has 7 rings (SSSR count). The second kappa shape index (κ2) is 8.80. The molecule has 2 aliphatic carbocycles. The summed E-state index contributed by atoms with van der Waals surface area (Å²) in [6.07, 6.45) is 12.9. The van der Waals surface area contributed by atoms with Crippen LogP contribution >= 0.6 is 0 Å². The zero-order valence-corrected chi connectivity index (χ0v) is 20.2. The van der Waals surface area contributed by atoms with Gasteiger partial charge in [0, 0.05) is 17.2 Å². The summed E-state index contributed by atoms with van der Waals surface area (Å²) in [5.41, 5.74) is 10.1. The number of H-pyrrole nitrogens is 2. The molecule has 1 aliphatic heterocycles. The summed E-state index contributed by atoms with van der Waals surface area (Å²) in [6.45, 7) is 1.09. The molecule has 3 N–H and O–H groups in total. The van der Waals surface area contributed by atoms with Crippen molar-refractivity contribution in [2.45, 2.75) is 69.7 Å². The molecule has 0 amide bonds. The van der Waals surface area contributed by atoms with Gasteiger partial charge in [-0.1, -0.05) is 55.3 Å². The van der Waals surface area contributed by atoms with Crippen molar-refractivity contribution in [3.63, 3.8) is 0 Å². The molecular formula is C30H33N5. The fourth-order valence-electron chi connectivity index (χ4n) is 6.32. The molecule has 5 nitrogen and oxygen atoms in total. The van der Waals surface area contributed by atoms with E-state index in [4.69, 9.17) is 4.98 Å². The van der Waals surface area contributed by atoms with Crippen molar-refractivity contribution in [1.82, 2.24) is 25.3 Å². The van der Waals surface area contributed by atoms with E-state index in [9.17, 15) is 0 Å². The van der Waals surface area contributed by atoms with E-state index in [1.54, 1.807) is 0 Å². The molecule has 1 atom stereocenters. The lowest BCUT2D eigenvalue weighted by atomic mass is 9.95. The molecule has 35 heavy (non-hydrogen) atoms. The number of nitrogens with one attached hydrogen (secondary N) is 3. The molecule has 0 spiro atoms. The zero-order valence-electron chi connectivity index (χ0n) is 20.2. The molecule has 2 fully saturated rings. The summed E-state index contributed by atoms with van der Waals surface area (Å²) in [5, 5.41) is 3.58. The predicted octanol–water partition coefficient (Wildman–Crippen LogP) is 6.70. The fraction of sp³-hybridized carbons (Fsp3) is 0.400. The molecule has 1 saturated heterocycles. The van der Waals surface area contributed by atoms with Crippen LogP contribution in [0.4, 0.5) is 0 Å². The van der Waals surface area contributed by atoms with E-state index in [2.05, 4.69) is 62.7 Å². The number of aromatic amines is 2. The summed E-state index contributed by atoms with van der Waals surface area (Å²) in [4.78, 5) is 17.0. The van der Waals surface area contributed by atoms with Crippen molar-refractivity contribution < 1.29 is 0 Å². The number of aryl methyl sites for hydroxylation is 2. The number of imidazole rings is 2. The van der Waals surface area contributed by atoms with Crippen molar-refractivity contribution in [1.29, 1.82) is 0 Å². The Bertz CT molecular complexity index is 1330. The number of hydrogen-bond donors (Lipinski definition) is 3. The molecular weight excluding hydrogens is 430 g/mol. The molecule has 3 heterocycles. The molecule has 2 aromatic heterocycles. The Labute approximate surface area is 206 Å². The summed E-state index contributed by atoms with van der Waals surface area (Å²) in [7, 11) is 0. The summed E-state index contributed by atoms with van der Waals surface area (Å²) in [5.74, 6) is 2.90. The monoisotopic (exact) mass is 463 g/mol. The Morgan fingerprint density at radius 2 is 1.57 bits per heavy atom. The summed E-state index contributed by atoms with van der Waals surface area (Å²) < 4.78 is 0. The van der Waals surface area contributed by atoms with Crippen LogP contribution in [0.5, 0.6) is 0 Å². The van der Waals surface area contributed by atoms with Gasteiger partial charge in [0.1, 0.15) is 11.6 Å². The normalized spacial score (nSPS) is 20.1. The van der Waals surface area contributed by atoms with E-state index >= 15 is 0 Å². The second-order valence-corrected chi connectivity index (χ2v) is 10.6. The third kappa shape index (κ3) is 3.92. The maximum Gasteiger partial charge on any atom is 0.124 e. The van der Waals surface area contributed by atoms with Gasteiger partial charge in [-0.3, -0.25) is 0 Å². The van der Waals surface area contributed by atoms with Crippen molar-refractivity contribution in [2.75, 3.05) is 6.54 Å². The highest BCUT2D eigenvalue weighted by Gasteiger charge is 2.25. The van der Waals surface area contributed by atoms with Gasteiger partial charge in [-0.2, -0.15) is 0 Å². The van der Waals surface area contributed by atoms with Crippen LogP contribution in [0, 0.1) is 0 Å². The van der Waals surface area contributed by atoms with E-state index in [-0.39, 0.29) is 0 Å². The minimum absolute atomic E-state index is 0.382. The van der Waals surface area contributed by atoms with Crippen LogP contribution in [-0.4, -0.2) is 26.5 Å². The molecule has 2 aromatic carbocycles. The minimum Gasteiger partial charge on any atom is -0.344 e. The first-order valence-corrected chi connectivity index (χ1v) is 13.4. The van der Waals surface area contributed by atoms with Crippen LogP contribution in [0.3, 0.4) is 0 Å². The van der Waals surface area contributed by atoms with Gasteiger partial charge in [0.15, 0.2) is 0 Å². The zero-order chi connectivity index (χ0) is 23.2. The van der Waals surface area contributed by atoms with Crippen LogP contribution in [0.15, 0.2) is 48.7 Å². The first kappa shape index (κ1) is 21.1. The highest BCUT2D eigenvalue weighted by molar-refractivity contribution is 5.75. The molecule has 0 unspecified atom stereocenters. The highest BCUT2D eigenvalue weighted by atomic mass is 15.0. The Balaban J connectivity index is 1.15. The largest absolute Gasteiger partial charge is 0.344 e. The van der Waals surface area contributed by atoms with Crippen molar-refractivity contribution >= 4 is 0 Å². The van der Waals surface area contributed by atoms with E-state index in [1.807, 2.05) is 6.20 Å². The molecule has 0 bridgehead atoms. The Morgan fingerprint density at radius 1 is 0.743 bits per heavy atom. The van der Waals surface area contributed by atoms with Crippen molar-refractivity contribution in [2.24, 2.45) is 0 Å². The van der Waals surface area contributed by atoms with Gasteiger partial charge in [0.2, 0.25) is 0 Å². The molecule has 178 valence electrons. The van der Waals surface area contributed by atoms with E-state index in [0.29, 0.717) is 12.0 Å². The first-order chi connectivity index (χ1) is 17.3. The van der Waals surface area contributed by atoms with Crippen molar-refractivity contribution in [3.8, 4) is 33.6 Å². The maximum atomic E-state index is 5.08. The third-order valence-corrected chi connectivity index (χ3v) is 8.29. The Hall–Kier alpha value is -3.18. The number of hydrogen-bond acceptors (Lipinski definition) is 3. The minimum atomic E-state index is 0.382. The average Bonchev–Trinajstić information content (AvgIpc) is 3.70. The van der Waals surface area contributed by atoms with Crippen LogP contribution in [-0.2, 0) is 12.8 Å². The summed E-state index contributed by atoms with van der Waals surface area (Å²) >= 11 is 0. The summed E-state index contributed by atoms with van der Waals surface area (Å²) in [6, 6.07) is 16.3. The smallest absolute Gasteiger partial charge is 0.124 e. The van der Waals surface area contributed by atoms with Crippen LogP contribution in [0.2, 0.25) is 0 Å². The highest BCUT2D eigenvalue weighted by Crippen LogP contribution is 2.36. The maximum absolute atomic E-state index is 5.08. The number of fused-ring (bicyclic) bond motifs is 3. The molecule has 5 heteroatoms. The van der Waals surface area contributed by atoms with E-state index in [0.717, 1.165) is 43.1 Å². The van der Waals surface area contributed by atoms with Gasteiger partial charge in [0.25, 0.3) is 0 Å². The number of benzene rings is 2. The molecule has 1 saturated carbocycles. The van der Waals surface area contributed by atoms with Crippen LogP contribution in [0.25, 0.3) is 33.6 Å². The van der Waals surface area contributed by atoms with Gasteiger partial charge in [-0.15, -0.1) is 0 Å². The number of aromatic nitrogens is 4. The van der Waals surface area contributed by atoms with Gasteiger partial charge in [-0.05, 0) is 73.7 Å². The molecule has 4 aromatic rings. The van der Waals surface area contributed by atoms with Crippen molar-refractivity contribution in [3.05, 3.63) is 71.6 Å². The van der Waals surface area contributed by atoms with Gasteiger partial charge in [-0.25, -0.2) is 9.97 Å². The average molecular weight is 464 g/mol. The molecule has 3 aliphatic rings. The lowest BCUT2D eigenvalue weighted by Gasteiger charge is -2.10. The van der Waals surface area contributed by atoms with Gasteiger partial charge < -0.3 is 15.3 Å². The quantitative estimate of drug-likeness (QED) is 0.315. The molecule has 0 radical (unpaired) electrons. The van der Waals surface area contributed by atoms with E-state index < -0.39 is 0 Å². The fourth-order valence-corrected chi connectivity index (χ4v) is 6.32. The number of nitrogens with zero attached hydrogens (tertiary/aromatic N) is 2. The van der Waals surface area contributed by atoms with Crippen LogP contribution in [0.1, 0.15) is 79.8 Å². The lowest BCUT2D eigenvalue weighted by molar-refractivity contribution is 0.610. The Kier molecular flexibility index (Phi) is 5.31. The third-order valence-electron chi connectivity index (χ3n) is 8.29. The lowest BCUT2D eigenvalue weighted by Crippen LogP contribution is -2.14.